The maximum absolute atomic E-state index is 12.9. The van der Waals surface area contributed by atoms with E-state index in [0.29, 0.717) is 19.3 Å². The largest absolute Gasteiger partial charge is 0.462 e. The Labute approximate surface area is 412 Å². The van der Waals surface area contributed by atoms with Crippen molar-refractivity contribution >= 4 is 17.9 Å². The summed E-state index contributed by atoms with van der Waals surface area (Å²) in [4.78, 5) is 38.1. The predicted octanol–water partition coefficient (Wildman–Crippen LogP) is 19.7. The van der Waals surface area contributed by atoms with Crippen molar-refractivity contribution in [2.24, 2.45) is 11.8 Å². The Morgan fingerprint density at radius 1 is 0.288 bits per heavy atom. The van der Waals surface area contributed by atoms with Gasteiger partial charge in [-0.2, -0.15) is 0 Å². The van der Waals surface area contributed by atoms with E-state index >= 15 is 0 Å². The number of hydrogen-bond donors (Lipinski definition) is 0. The molecule has 6 nitrogen and oxygen atoms in total. The average Bonchev–Trinajstić information content (AvgIpc) is 3.29. The molecule has 0 radical (unpaired) electrons. The van der Waals surface area contributed by atoms with E-state index < -0.39 is 6.10 Å². The van der Waals surface area contributed by atoms with Crippen molar-refractivity contribution in [3.8, 4) is 0 Å². The summed E-state index contributed by atoms with van der Waals surface area (Å²) >= 11 is 0. The second kappa shape index (κ2) is 52.8. The van der Waals surface area contributed by atoms with Gasteiger partial charge in [-0.25, -0.2) is 0 Å². The first-order valence-electron chi connectivity index (χ1n) is 29.7. The van der Waals surface area contributed by atoms with Gasteiger partial charge in [-0.15, -0.1) is 0 Å². The highest BCUT2D eigenvalue weighted by atomic mass is 16.6. The average molecular weight is 934 g/mol. The number of esters is 3. The molecule has 0 saturated heterocycles. The van der Waals surface area contributed by atoms with Gasteiger partial charge in [0.1, 0.15) is 13.2 Å². The van der Waals surface area contributed by atoms with Crippen LogP contribution < -0.4 is 0 Å². The van der Waals surface area contributed by atoms with Gasteiger partial charge in [0.2, 0.25) is 0 Å². The summed E-state index contributed by atoms with van der Waals surface area (Å²) in [6.07, 6.45) is 56.8. The smallest absolute Gasteiger partial charge is 0.306 e. The van der Waals surface area contributed by atoms with Crippen LogP contribution in [-0.4, -0.2) is 37.2 Å². The Balaban J connectivity index is 4.22. The standard InChI is InChI=1S/C60H116O6/c1-6-7-8-9-10-11-12-13-14-15-16-17-21-24-27-30-35-40-45-50-58(61)64-53-57(54-65-59(62)51-46-41-37-32-34-39-44-49-56(4)5)66-60(63)52-47-42-36-31-28-25-22-19-18-20-23-26-29-33-38-43-48-55(2)3/h55-57H,6-54H2,1-5H3/t57-/m0/s1. The van der Waals surface area contributed by atoms with Crippen LogP contribution in [0.5, 0.6) is 0 Å². The Kier molecular flexibility index (Phi) is 51.5. The SMILES string of the molecule is CCCCCCCCCCCCCCCCCCCCCC(=O)OC[C@@H](COC(=O)CCCCCCCCCC(C)C)OC(=O)CCCCCCCCCCCCCCCCCCC(C)C. The molecule has 0 aliphatic rings. The topological polar surface area (TPSA) is 78.9 Å². The summed E-state index contributed by atoms with van der Waals surface area (Å²) in [5.74, 6) is 0.792. The molecule has 0 aromatic carbocycles. The Morgan fingerprint density at radius 3 is 0.742 bits per heavy atom. The molecule has 0 amide bonds. The van der Waals surface area contributed by atoms with Crippen LogP contribution in [0.4, 0.5) is 0 Å². The second-order valence-corrected chi connectivity index (χ2v) is 21.6. The Bertz CT molecular complexity index is 1010. The molecule has 0 aromatic heterocycles. The fourth-order valence-electron chi connectivity index (χ4n) is 9.23. The molecule has 0 N–H and O–H groups in total. The van der Waals surface area contributed by atoms with Crippen LogP contribution in [0.2, 0.25) is 0 Å². The molecule has 0 unspecified atom stereocenters. The minimum absolute atomic E-state index is 0.0631. The van der Waals surface area contributed by atoms with E-state index in [1.165, 1.54) is 225 Å². The lowest BCUT2D eigenvalue weighted by molar-refractivity contribution is -0.167. The minimum Gasteiger partial charge on any atom is -0.462 e. The van der Waals surface area contributed by atoms with Gasteiger partial charge >= 0.3 is 17.9 Å². The molecule has 0 aliphatic heterocycles. The molecular weight excluding hydrogens is 817 g/mol. The Hall–Kier alpha value is -1.59. The zero-order valence-electron chi connectivity index (χ0n) is 45.3. The van der Waals surface area contributed by atoms with Gasteiger partial charge in [0.25, 0.3) is 0 Å². The summed E-state index contributed by atoms with van der Waals surface area (Å²) in [5.41, 5.74) is 0. The first kappa shape index (κ1) is 64.4. The van der Waals surface area contributed by atoms with E-state index in [-0.39, 0.29) is 31.1 Å². The van der Waals surface area contributed by atoms with Crippen LogP contribution in [-0.2, 0) is 28.6 Å². The monoisotopic (exact) mass is 933 g/mol. The van der Waals surface area contributed by atoms with Gasteiger partial charge in [0, 0.05) is 19.3 Å². The minimum atomic E-state index is -0.763. The number of carbonyl (C=O) groups excluding carboxylic acids is 3. The van der Waals surface area contributed by atoms with E-state index in [9.17, 15) is 14.4 Å². The van der Waals surface area contributed by atoms with E-state index in [0.717, 1.165) is 69.6 Å². The van der Waals surface area contributed by atoms with Crippen molar-refractivity contribution in [2.45, 2.75) is 343 Å². The van der Waals surface area contributed by atoms with E-state index in [4.69, 9.17) is 14.2 Å². The van der Waals surface area contributed by atoms with Crippen molar-refractivity contribution < 1.29 is 28.6 Å². The van der Waals surface area contributed by atoms with Crippen LogP contribution in [0.3, 0.4) is 0 Å². The van der Waals surface area contributed by atoms with Gasteiger partial charge in [0.15, 0.2) is 6.10 Å². The third-order valence-corrected chi connectivity index (χ3v) is 13.7. The van der Waals surface area contributed by atoms with E-state index in [1.807, 2.05) is 0 Å². The number of unbranched alkanes of at least 4 members (excludes halogenated alkanes) is 39. The lowest BCUT2D eigenvalue weighted by Crippen LogP contribution is -2.30. The molecule has 0 saturated carbocycles. The normalized spacial score (nSPS) is 12.0. The maximum Gasteiger partial charge on any atom is 0.306 e. The highest BCUT2D eigenvalue weighted by Gasteiger charge is 2.19. The lowest BCUT2D eigenvalue weighted by Gasteiger charge is -2.18. The van der Waals surface area contributed by atoms with Crippen LogP contribution in [0.1, 0.15) is 336 Å². The number of rotatable bonds is 54. The molecule has 0 aromatic rings. The van der Waals surface area contributed by atoms with Gasteiger partial charge < -0.3 is 14.2 Å². The summed E-state index contributed by atoms with van der Waals surface area (Å²) in [7, 11) is 0. The summed E-state index contributed by atoms with van der Waals surface area (Å²) < 4.78 is 16.9. The molecule has 0 heterocycles. The zero-order chi connectivity index (χ0) is 48.2. The van der Waals surface area contributed by atoms with Gasteiger partial charge in [0.05, 0.1) is 0 Å². The van der Waals surface area contributed by atoms with E-state index in [2.05, 4.69) is 34.6 Å². The molecule has 0 bridgehead atoms. The van der Waals surface area contributed by atoms with Gasteiger partial charge in [-0.05, 0) is 31.1 Å². The highest BCUT2D eigenvalue weighted by molar-refractivity contribution is 5.71. The molecule has 0 rings (SSSR count). The fraction of sp³-hybridized carbons (Fsp3) is 0.950. The second-order valence-electron chi connectivity index (χ2n) is 21.6. The van der Waals surface area contributed by atoms with Gasteiger partial charge in [-0.3, -0.25) is 14.4 Å². The number of ether oxygens (including phenoxy) is 3. The van der Waals surface area contributed by atoms with Crippen molar-refractivity contribution in [1.82, 2.24) is 0 Å². The predicted molar refractivity (Wildman–Crippen MR) is 284 cm³/mol. The molecule has 0 aliphatic carbocycles. The molecule has 66 heavy (non-hydrogen) atoms. The third-order valence-electron chi connectivity index (χ3n) is 13.7. The van der Waals surface area contributed by atoms with Crippen molar-refractivity contribution in [3.63, 3.8) is 0 Å². The van der Waals surface area contributed by atoms with E-state index in [1.54, 1.807) is 0 Å². The quantitative estimate of drug-likeness (QED) is 0.0343. The Morgan fingerprint density at radius 2 is 0.500 bits per heavy atom. The summed E-state index contributed by atoms with van der Waals surface area (Å²) in [6.45, 7) is 11.4. The summed E-state index contributed by atoms with van der Waals surface area (Å²) in [5, 5.41) is 0. The lowest BCUT2D eigenvalue weighted by atomic mass is 10.0. The zero-order valence-corrected chi connectivity index (χ0v) is 45.3. The van der Waals surface area contributed by atoms with Crippen molar-refractivity contribution in [1.29, 1.82) is 0 Å². The summed E-state index contributed by atoms with van der Waals surface area (Å²) in [6, 6.07) is 0. The van der Waals surface area contributed by atoms with Crippen LogP contribution in [0.15, 0.2) is 0 Å². The maximum atomic E-state index is 12.9. The number of hydrogen-bond acceptors (Lipinski definition) is 6. The van der Waals surface area contributed by atoms with Crippen LogP contribution in [0.25, 0.3) is 0 Å². The molecule has 1 atom stereocenters. The molecule has 392 valence electrons. The third kappa shape index (κ3) is 53.4. The highest BCUT2D eigenvalue weighted by Crippen LogP contribution is 2.18. The fourth-order valence-corrected chi connectivity index (χ4v) is 9.23. The molecular formula is C60H116O6. The van der Waals surface area contributed by atoms with Crippen molar-refractivity contribution in [3.05, 3.63) is 0 Å². The first-order chi connectivity index (χ1) is 32.2. The molecule has 0 spiro atoms. The van der Waals surface area contributed by atoms with Crippen molar-refractivity contribution in [2.75, 3.05) is 13.2 Å². The van der Waals surface area contributed by atoms with Crippen LogP contribution in [0, 0.1) is 11.8 Å². The first-order valence-corrected chi connectivity index (χ1v) is 29.7. The molecule has 0 fully saturated rings. The molecule has 6 heteroatoms. The van der Waals surface area contributed by atoms with Crippen LogP contribution >= 0.6 is 0 Å². The number of carbonyl (C=O) groups is 3. The van der Waals surface area contributed by atoms with Gasteiger partial charge in [-0.1, -0.05) is 298 Å².